The standard InChI is InChI=1S/C40H44N3O3/c1-7-41-34-21-11-9-19-32(34)39(3,4)36(41)25-23-28-15-13-16-29(38(28)46-31-18-14-17-30(27-31)43(44)45)24-26-37-40(5,6)33-20-10-12-22-35(33)42(37)8-2/h9-12,14,17-27H,7-8,13,15-16H2,1-6H3/q+1. The number of hydrogen-bond acceptors (Lipinski definition) is 4. The summed E-state index contributed by atoms with van der Waals surface area (Å²) < 4.78 is 9.03. The number of fused-ring (bicyclic) bond motifs is 2. The highest BCUT2D eigenvalue weighted by Gasteiger charge is 2.43. The fourth-order valence-corrected chi connectivity index (χ4v) is 7.45. The molecule has 6 rings (SSSR count). The van der Waals surface area contributed by atoms with E-state index in [2.05, 4.69) is 124 Å². The topological polar surface area (TPSA) is 58.6 Å². The lowest BCUT2D eigenvalue weighted by atomic mass is 9.81. The maximum Gasteiger partial charge on any atom is 0.273 e. The molecular weight excluding hydrogens is 570 g/mol. The Morgan fingerprint density at radius 2 is 1.63 bits per heavy atom. The summed E-state index contributed by atoms with van der Waals surface area (Å²) in [4.78, 5) is 13.6. The fraction of sp³-hybridized carbons (Fsp3) is 0.325. The van der Waals surface area contributed by atoms with E-state index >= 15 is 0 Å². The number of nitro benzene ring substituents is 1. The minimum absolute atomic E-state index is 0.0160. The molecule has 0 saturated carbocycles. The summed E-state index contributed by atoms with van der Waals surface area (Å²) in [7, 11) is 0. The molecule has 2 aliphatic heterocycles. The van der Waals surface area contributed by atoms with Crippen molar-refractivity contribution in [2.24, 2.45) is 0 Å². The van der Waals surface area contributed by atoms with Gasteiger partial charge in [0, 0.05) is 47.1 Å². The largest absolute Gasteiger partial charge is 0.457 e. The monoisotopic (exact) mass is 614 g/mol. The molecule has 0 fully saturated rings. The summed E-state index contributed by atoms with van der Waals surface area (Å²) in [5, 5.41) is 11.6. The maximum atomic E-state index is 11.6. The normalized spacial score (nSPS) is 20.2. The number of rotatable bonds is 8. The molecule has 0 aromatic heterocycles. The van der Waals surface area contributed by atoms with Crippen molar-refractivity contribution in [1.82, 2.24) is 0 Å². The van der Waals surface area contributed by atoms with E-state index in [1.807, 2.05) is 0 Å². The number of hydrogen-bond donors (Lipinski definition) is 0. The second kappa shape index (κ2) is 12.2. The Kier molecular flexibility index (Phi) is 8.32. The van der Waals surface area contributed by atoms with Crippen LogP contribution in [0.1, 0.15) is 71.9 Å². The maximum absolute atomic E-state index is 11.6. The number of likely N-dealkylation sites (N-methyl/N-ethyl adjacent to an activating group) is 1. The van der Waals surface area contributed by atoms with Crippen LogP contribution in [0.4, 0.5) is 17.1 Å². The van der Waals surface area contributed by atoms with Crippen molar-refractivity contribution in [1.29, 1.82) is 0 Å². The van der Waals surface area contributed by atoms with Crippen molar-refractivity contribution < 1.29 is 14.2 Å². The first-order valence-corrected chi connectivity index (χ1v) is 16.4. The third kappa shape index (κ3) is 5.40. The molecule has 0 atom stereocenters. The van der Waals surface area contributed by atoms with Crippen LogP contribution in [0, 0.1) is 10.1 Å². The summed E-state index contributed by atoms with van der Waals surface area (Å²) >= 11 is 0. The Hall–Kier alpha value is -4.71. The molecule has 236 valence electrons. The lowest BCUT2D eigenvalue weighted by molar-refractivity contribution is -0.433. The molecule has 1 aliphatic carbocycles. The summed E-state index contributed by atoms with van der Waals surface area (Å²) in [5.74, 6) is 1.25. The third-order valence-corrected chi connectivity index (χ3v) is 9.84. The van der Waals surface area contributed by atoms with Crippen LogP contribution in [-0.2, 0) is 10.8 Å². The summed E-state index contributed by atoms with van der Waals surface area (Å²) in [5.41, 5.74) is 9.60. The van der Waals surface area contributed by atoms with Crippen LogP contribution in [0.15, 0.2) is 120 Å². The average molecular weight is 615 g/mol. The molecule has 3 aliphatic rings. The Balaban J connectivity index is 1.45. The first kappa shape index (κ1) is 31.3. The van der Waals surface area contributed by atoms with E-state index in [0.717, 1.165) is 49.3 Å². The molecule has 6 heteroatoms. The molecule has 0 saturated heterocycles. The number of anilines is 1. The minimum atomic E-state index is -0.376. The smallest absolute Gasteiger partial charge is 0.273 e. The number of nitrogens with zero attached hydrogens (tertiary/aromatic N) is 3. The van der Waals surface area contributed by atoms with Crippen molar-refractivity contribution in [2.45, 2.75) is 71.6 Å². The summed E-state index contributed by atoms with van der Waals surface area (Å²) in [6, 6.07) is 23.8. The molecule has 6 nitrogen and oxygen atoms in total. The van der Waals surface area contributed by atoms with Gasteiger partial charge >= 0.3 is 0 Å². The SMILES string of the molecule is CCN1/C(=C/C=C2\CCCC(/C=C/C3=[N+](CC)c4ccccc4C3(C)C)=C2Oc2cccc([N+](=O)[O-])c2)C(C)(C)c2ccccc21. The molecule has 0 unspecified atom stereocenters. The van der Waals surface area contributed by atoms with E-state index in [1.165, 1.54) is 46.0 Å². The van der Waals surface area contributed by atoms with E-state index in [1.54, 1.807) is 12.1 Å². The van der Waals surface area contributed by atoms with E-state index in [-0.39, 0.29) is 21.4 Å². The second-order valence-electron chi connectivity index (χ2n) is 13.3. The van der Waals surface area contributed by atoms with Crippen LogP contribution >= 0.6 is 0 Å². The lowest BCUT2D eigenvalue weighted by Gasteiger charge is -2.26. The summed E-state index contributed by atoms with van der Waals surface area (Å²) in [6.45, 7) is 15.3. The Bertz CT molecular complexity index is 1850. The predicted molar refractivity (Wildman–Crippen MR) is 187 cm³/mol. The van der Waals surface area contributed by atoms with Crippen LogP contribution in [0.5, 0.6) is 5.75 Å². The molecular formula is C40H44N3O3+. The van der Waals surface area contributed by atoms with Crippen molar-refractivity contribution in [2.75, 3.05) is 18.0 Å². The predicted octanol–water partition coefficient (Wildman–Crippen LogP) is 9.69. The Morgan fingerprint density at radius 3 is 2.37 bits per heavy atom. The first-order valence-electron chi connectivity index (χ1n) is 16.4. The average Bonchev–Trinajstić information content (AvgIpc) is 3.41. The zero-order chi connectivity index (χ0) is 32.6. The van der Waals surface area contributed by atoms with E-state index in [0.29, 0.717) is 5.75 Å². The van der Waals surface area contributed by atoms with Crippen LogP contribution in [0.3, 0.4) is 0 Å². The molecule has 0 radical (unpaired) electrons. The quantitative estimate of drug-likeness (QED) is 0.144. The lowest BCUT2D eigenvalue weighted by Crippen LogP contribution is -2.27. The van der Waals surface area contributed by atoms with Crippen LogP contribution in [0.2, 0.25) is 0 Å². The van der Waals surface area contributed by atoms with Crippen molar-refractivity contribution in [3.63, 3.8) is 0 Å². The Labute approximate surface area is 272 Å². The van der Waals surface area contributed by atoms with Crippen LogP contribution < -0.4 is 9.64 Å². The number of nitro groups is 1. The zero-order valence-corrected chi connectivity index (χ0v) is 27.8. The van der Waals surface area contributed by atoms with Crippen molar-refractivity contribution in [3.05, 3.63) is 141 Å². The number of ether oxygens (including phenoxy) is 1. The number of allylic oxidation sites excluding steroid dienone is 7. The van der Waals surface area contributed by atoms with Crippen molar-refractivity contribution >= 4 is 22.8 Å². The van der Waals surface area contributed by atoms with Crippen LogP contribution in [-0.4, -0.2) is 28.3 Å². The van der Waals surface area contributed by atoms with E-state index < -0.39 is 0 Å². The highest BCUT2D eigenvalue weighted by atomic mass is 16.6. The molecule has 46 heavy (non-hydrogen) atoms. The van der Waals surface area contributed by atoms with Gasteiger partial charge in [-0.2, -0.15) is 4.58 Å². The van der Waals surface area contributed by atoms with Gasteiger partial charge in [0.2, 0.25) is 5.69 Å². The third-order valence-electron chi connectivity index (χ3n) is 9.84. The van der Waals surface area contributed by atoms with Gasteiger partial charge < -0.3 is 9.64 Å². The number of benzene rings is 3. The molecule has 2 heterocycles. The molecule has 0 amide bonds. The van der Waals surface area contributed by atoms with E-state index in [4.69, 9.17) is 4.74 Å². The van der Waals surface area contributed by atoms with Crippen molar-refractivity contribution in [3.8, 4) is 5.75 Å². The molecule has 0 bridgehead atoms. The number of para-hydroxylation sites is 2. The summed E-state index contributed by atoms with van der Waals surface area (Å²) in [6.07, 6.45) is 11.7. The highest BCUT2D eigenvalue weighted by Crippen LogP contribution is 2.48. The molecule has 3 aromatic rings. The van der Waals surface area contributed by atoms with Gasteiger partial charge in [-0.15, -0.1) is 0 Å². The molecule has 0 spiro atoms. The first-order chi connectivity index (χ1) is 22.1. The molecule has 0 N–H and O–H groups in total. The zero-order valence-electron chi connectivity index (χ0n) is 27.8. The van der Waals surface area contributed by atoms with Gasteiger partial charge in [0.1, 0.15) is 18.1 Å². The van der Waals surface area contributed by atoms with Gasteiger partial charge in [-0.25, -0.2) is 0 Å². The van der Waals surface area contributed by atoms with Gasteiger partial charge in [0.05, 0.1) is 16.4 Å². The number of non-ortho nitro benzene ring substituents is 1. The Morgan fingerprint density at radius 1 is 0.891 bits per heavy atom. The highest BCUT2D eigenvalue weighted by molar-refractivity contribution is 6.03. The fourth-order valence-electron chi connectivity index (χ4n) is 7.45. The van der Waals surface area contributed by atoms with Crippen LogP contribution in [0.25, 0.3) is 0 Å². The second-order valence-corrected chi connectivity index (χ2v) is 13.3. The van der Waals surface area contributed by atoms with E-state index in [9.17, 15) is 10.1 Å². The van der Waals surface area contributed by atoms with Gasteiger partial charge in [-0.05, 0) is 88.0 Å². The van der Waals surface area contributed by atoms with Gasteiger partial charge in [-0.1, -0.05) is 62.4 Å². The van der Waals surface area contributed by atoms with Gasteiger partial charge in [0.25, 0.3) is 5.69 Å². The minimum Gasteiger partial charge on any atom is -0.457 e. The van der Waals surface area contributed by atoms with Gasteiger partial charge in [0.15, 0.2) is 5.71 Å². The molecule has 3 aromatic carbocycles. The van der Waals surface area contributed by atoms with Gasteiger partial charge in [-0.3, -0.25) is 10.1 Å².